The van der Waals surface area contributed by atoms with Gasteiger partial charge in [0.25, 0.3) is 0 Å². The summed E-state index contributed by atoms with van der Waals surface area (Å²) in [5, 5.41) is 0. The molecule has 1 heterocycles. The first kappa shape index (κ1) is 13.5. The summed E-state index contributed by atoms with van der Waals surface area (Å²) in [6.07, 6.45) is 9.41. The Morgan fingerprint density at radius 3 is 2.55 bits per heavy atom. The molecule has 0 spiro atoms. The third kappa shape index (κ3) is 2.67. The number of hydrogen-bond acceptors (Lipinski definition) is 2. The lowest BCUT2D eigenvalue weighted by Crippen LogP contribution is -2.35. The van der Waals surface area contributed by atoms with E-state index in [-0.39, 0.29) is 5.92 Å². The van der Waals surface area contributed by atoms with Gasteiger partial charge in [0, 0.05) is 23.8 Å². The fourth-order valence-electron chi connectivity index (χ4n) is 3.57. The van der Waals surface area contributed by atoms with Crippen LogP contribution in [-0.2, 0) is 11.2 Å². The predicted molar refractivity (Wildman–Crippen MR) is 82.7 cm³/mol. The van der Waals surface area contributed by atoms with Gasteiger partial charge in [0.2, 0.25) is 5.91 Å². The average Bonchev–Trinajstić information content (AvgIpc) is 2.80. The Hall–Kier alpha value is -1.51. The number of fused-ring (bicyclic) bond motifs is 1. The predicted octanol–water partition coefficient (Wildman–Crippen LogP) is 3.52. The number of benzene rings is 1. The van der Waals surface area contributed by atoms with Crippen LogP contribution in [0, 0.1) is 5.92 Å². The minimum Gasteiger partial charge on any atom is -0.399 e. The van der Waals surface area contributed by atoms with Crippen molar-refractivity contribution in [2.45, 2.75) is 51.4 Å². The van der Waals surface area contributed by atoms with Gasteiger partial charge in [-0.15, -0.1) is 0 Å². The Morgan fingerprint density at radius 2 is 1.80 bits per heavy atom. The molecule has 20 heavy (non-hydrogen) atoms. The van der Waals surface area contributed by atoms with E-state index >= 15 is 0 Å². The summed E-state index contributed by atoms with van der Waals surface area (Å²) >= 11 is 0. The molecule has 0 radical (unpaired) electrons. The second-order valence-electron chi connectivity index (χ2n) is 6.17. The van der Waals surface area contributed by atoms with Gasteiger partial charge in [-0.05, 0) is 43.0 Å². The molecule has 0 saturated heterocycles. The van der Waals surface area contributed by atoms with Crippen molar-refractivity contribution in [1.82, 2.24) is 0 Å². The first-order valence-corrected chi connectivity index (χ1v) is 7.95. The lowest BCUT2D eigenvalue weighted by atomic mass is 9.90. The van der Waals surface area contributed by atoms with Gasteiger partial charge in [-0.2, -0.15) is 0 Å². The average molecular weight is 272 g/mol. The van der Waals surface area contributed by atoms with Crippen molar-refractivity contribution >= 4 is 17.3 Å². The topological polar surface area (TPSA) is 46.3 Å². The van der Waals surface area contributed by atoms with Crippen LogP contribution in [0.25, 0.3) is 0 Å². The van der Waals surface area contributed by atoms with Crippen molar-refractivity contribution in [3.63, 3.8) is 0 Å². The second-order valence-corrected chi connectivity index (χ2v) is 6.17. The smallest absolute Gasteiger partial charge is 0.230 e. The molecule has 1 aliphatic heterocycles. The highest BCUT2D eigenvalue weighted by Gasteiger charge is 2.30. The Balaban J connectivity index is 1.75. The summed E-state index contributed by atoms with van der Waals surface area (Å²) in [7, 11) is 0. The minimum absolute atomic E-state index is 0.235. The van der Waals surface area contributed by atoms with Crippen LogP contribution in [0.5, 0.6) is 0 Å². The van der Waals surface area contributed by atoms with Gasteiger partial charge >= 0.3 is 0 Å². The second kappa shape index (κ2) is 5.86. The monoisotopic (exact) mass is 272 g/mol. The lowest BCUT2D eigenvalue weighted by Gasteiger charge is -2.25. The van der Waals surface area contributed by atoms with E-state index < -0.39 is 0 Å². The SMILES string of the molecule is Nc1ccc2c(c1)CCN2C(=O)C1CCCCCCC1. The van der Waals surface area contributed by atoms with E-state index in [0.29, 0.717) is 5.91 Å². The number of nitrogens with two attached hydrogens (primary N) is 1. The summed E-state index contributed by atoms with van der Waals surface area (Å²) in [6, 6.07) is 5.93. The molecule has 0 aromatic heterocycles. The third-order valence-electron chi connectivity index (χ3n) is 4.72. The van der Waals surface area contributed by atoms with Crippen LogP contribution in [0.1, 0.15) is 50.5 Å². The van der Waals surface area contributed by atoms with E-state index in [4.69, 9.17) is 5.73 Å². The number of rotatable bonds is 1. The quantitative estimate of drug-likeness (QED) is 0.795. The number of nitrogens with zero attached hydrogens (tertiary/aromatic N) is 1. The molecule has 2 aliphatic rings. The van der Waals surface area contributed by atoms with Gasteiger partial charge in [-0.3, -0.25) is 4.79 Å². The lowest BCUT2D eigenvalue weighted by molar-refractivity contribution is -0.122. The van der Waals surface area contributed by atoms with Crippen molar-refractivity contribution in [2.24, 2.45) is 5.92 Å². The molecule has 0 bridgehead atoms. The van der Waals surface area contributed by atoms with Crippen LogP contribution in [0.2, 0.25) is 0 Å². The van der Waals surface area contributed by atoms with Gasteiger partial charge in [-0.1, -0.05) is 32.1 Å². The maximum absolute atomic E-state index is 12.8. The van der Waals surface area contributed by atoms with E-state index in [9.17, 15) is 4.79 Å². The molecule has 1 fully saturated rings. The number of carbonyl (C=O) groups excluding carboxylic acids is 1. The first-order chi connectivity index (χ1) is 9.75. The van der Waals surface area contributed by atoms with Crippen molar-refractivity contribution in [1.29, 1.82) is 0 Å². The highest BCUT2D eigenvalue weighted by Crippen LogP contribution is 2.33. The molecule has 3 rings (SSSR count). The fraction of sp³-hybridized carbons (Fsp3) is 0.588. The summed E-state index contributed by atoms with van der Waals surface area (Å²) in [6.45, 7) is 0.828. The minimum atomic E-state index is 0.235. The molecular weight excluding hydrogens is 248 g/mol. The highest BCUT2D eigenvalue weighted by atomic mass is 16.2. The van der Waals surface area contributed by atoms with Crippen molar-refractivity contribution in [2.75, 3.05) is 17.2 Å². The zero-order chi connectivity index (χ0) is 13.9. The van der Waals surface area contributed by atoms with E-state index in [2.05, 4.69) is 0 Å². The van der Waals surface area contributed by atoms with Crippen LogP contribution < -0.4 is 10.6 Å². The largest absolute Gasteiger partial charge is 0.399 e. The fourth-order valence-corrected chi connectivity index (χ4v) is 3.57. The normalized spacial score (nSPS) is 20.3. The Labute approximate surface area is 121 Å². The molecule has 1 saturated carbocycles. The van der Waals surface area contributed by atoms with Gasteiger partial charge in [-0.25, -0.2) is 0 Å². The summed E-state index contributed by atoms with van der Waals surface area (Å²) in [5.41, 5.74) is 8.94. The van der Waals surface area contributed by atoms with Crippen molar-refractivity contribution in [3.05, 3.63) is 23.8 Å². The molecule has 3 heteroatoms. The summed E-state index contributed by atoms with van der Waals surface area (Å²) in [5.74, 6) is 0.578. The highest BCUT2D eigenvalue weighted by molar-refractivity contribution is 5.97. The Morgan fingerprint density at radius 1 is 1.10 bits per heavy atom. The maximum Gasteiger partial charge on any atom is 0.230 e. The summed E-state index contributed by atoms with van der Waals surface area (Å²) < 4.78 is 0. The number of amides is 1. The Kier molecular flexibility index (Phi) is 3.95. The van der Waals surface area contributed by atoms with E-state index in [1.165, 1.54) is 37.7 Å². The number of nitrogen functional groups attached to an aromatic ring is 1. The van der Waals surface area contributed by atoms with Gasteiger partial charge in [0.1, 0.15) is 0 Å². The molecule has 3 nitrogen and oxygen atoms in total. The van der Waals surface area contributed by atoms with E-state index in [1.54, 1.807) is 0 Å². The Bertz CT molecular complexity index is 490. The standard InChI is InChI=1S/C17H24N2O/c18-15-8-9-16-14(12-15)10-11-19(16)17(20)13-6-4-2-1-3-5-7-13/h8-9,12-13H,1-7,10-11,18H2. The molecule has 1 aromatic rings. The number of anilines is 2. The van der Waals surface area contributed by atoms with E-state index in [0.717, 1.165) is 37.2 Å². The van der Waals surface area contributed by atoms with Crippen LogP contribution in [0.4, 0.5) is 11.4 Å². The molecule has 1 aliphatic carbocycles. The van der Waals surface area contributed by atoms with Gasteiger partial charge < -0.3 is 10.6 Å². The maximum atomic E-state index is 12.8. The molecule has 0 atom stereocenters. The molecule has 1 amide bonds. The zero-order valence-corrected chi connectivity index (χ0v) is 12.1. The molecule has 1 aromatic carbocycles. The van der Waals surface area contributed by atoms with Gasteiger partial charge in [0.05, 0.1) is 0 Å². The van der Waals surface area contributed by atoms with Gasteiger partial charge in [0.15, 0.2) is 0 Å². The molecule has 2 N–H and O–H groups in total. The molecular formula is C17H24N2O. The number of hydrogen-bond donors (Lipinski definition) is 1. The number of carbonyl (C=O) groups is 1. The van der Waals surface area contributed by atoms with Crippen molar-refractivity contribution < 1.29 is 4.79 Å². The molecule has 108 valence electrons. The van der Waals surface area contributed by atoms with Crippen LogP contribution >= 0.6 is 0 Å². The molecule has 0 unspecified atom stereocenters. The first-order valence-electron chi connectivity index (χ1n) is 7.95. The van der Waals surface area contributed by atoms with Crippen LogP contribution in [0.3, 0.4) is 0 Å². The summed E-state index contributed by atoms with van der Waals surface area (Å²) in [4.78, 5) is 14.8. The van der Waals surface area contributed by atoms with Crippen molar-refractivity contribution in [3.8, 4) is 0 Å². The zero-order valence-electron chi connectivity index (χ0n) is 12.1. The van der Waals surface area contributed by atoms with Crippen LogP contribution in [-0.4, -0.2) is 12.5 Å². The van der Waals surface area contributed by atoms with E-state index in [1.807, 2.05) is 23.1 Å². The third-order valence-corrected chi connectivity index (χ3v) is 4.72. The van der Waals surface area contributed by atoms with Crippen LogP contribution in [0.15, 0.2) is 18.2 Å².